The van der Waals surface area contributed by atoms with Gasteiger partial charge < -0.3 is 13.7 Å². The Morgan fingerprint density at radius 2 is 0.658 bits per heavy atom. The van der Waals surface area contributed by atoms with Gasteiger partial charge in [-0.1, -0.05) is 176 Å². The molecule has 0 atom stereocenters. The first kappa shape index (κ1) is 42.5. The number of thiophene rings is 1. The van der Waals surface area contributed by atoms with Gasteiger partial charge in [0.25, 0.3) is 0 Å². The fourth-order valence-corrected chi connectivity index (χ4v) is 12.9. The van der Waals surface area contributed by atoms with Gasteiger partial charge in [0, 0.05) is 80.6 Å². The number of hydrogen-bond acceptors (Lipinski definition) is 4. The van der Waals surface area contributed by atoms with Crippen LogP contribution >= 0.6 is 11.3 Å². The smallest absolute Gasteiger partial charge is 0.166 e. The van der Waals surface area contributed by atoms with Gasteiger partial charge in [0.2, 0.25) is 0 Å². The van der Waals surface area contributed by atoms with Gasteiger partial charge in [-0.05, 0) is 90.0 Å². The molecule has 0 unspecified atom stereocenters. The predicted octanol–water partition coefficient (Wildman–Crippen LogP) is 18.2. The van der Waals surface area contributed by atoms with Crippen LogP contribution in [0.4, 0.5) is 0 Å². The van der Waals surface area contributed by atoms with E-state index in [0.717, 1.165) is 88.8 Å². The Balaban J connectivity index is 1.02. The molecule has 11 aromatic carbocycles. The molecule has 0 radical (unpaired) electrons. The van der Waals surface area contributed by atoms with E-state index in [0.29, 0.717) is 17.5 Å². The monoisotopic (exact) mass is 986 g/mol. The third-order valence-corrected chi connectivity index (χ3v) is 16.5. The molecular weight excluding hydrogens is 945 g/mol. The quantitative estimate of drug-likeness (QED) is 0.160. The lowest BCUT2D eigenvalue weighted by Crippen LogP contribution is -2.04. The first-order chi connectivity index (χ1) is 37.7. The van der Waals surface area contributed by atoms with Crippen LogP contribution in [0.3, 0.4) is 0 Å². The van der Waals surface area contributed by atoms with Crippen LogP contribution in [0.25, 0.3) is 148 Å². The SMILES string of the molecule is c1ccc(-c2nc(-c3ccccc3)nc(-c3cc(-c4ccc5sc6ccccc6c5c4)ccc3-n3c4cc(-n5c6ccccc6c6ccccc65)ccc4c4ccc(-n5c6ccccc6c6ccccc65)cc43)n2)cc1. The molecule has 0 amide bonds. The van der Waals surface area contributed by atoms with E-state index in [1.165, 1.54) is 41.7 Å². The zero-order valence-corrected chi connectivity index (χ0v) is 41.7. The normalized spacial score (nSPS) is 11.9. The van der Waals surface area contributed by atoms with Gasteiger partial charge in [0.15, 0.2) is 17.5 Å². The highest BCUT2D eigenvalue weighted by molar-refractivity contribution is 7.25. The largest absolute Gasteiger partial charge is 0.309 e. The summed E-state index contributed by atoms with van der Waals surface area (Å²) in [5.41, 5.74) is 14.8. The van der Waals surface area contributed by atoms with Crippen molar-refractivity contribution >= 4 is 96.9 Å². The summed E-state index contributed by atoms with van der Waals surface area (Å²) in [6, 6.07) is 91.8. The minimum Gasteiger partial charge on any atom is -0.309 e. The molecule has 6 nitrogen and oxygen atoms in total. The second kappa shape index (κ2) is 16.8. The van der Waals surface area contributed by atoms with Crippen LogP contribution in [0.1, 0.15) is 0 Å². The van der Waals surface area contributed by atoms with E-state index in [4.69, 9.17) is 15.0 Å². The molecule has 354 valence electrons. The van der Waals surface area contributed by atoms with Gasteiger partial charge in [-0.3, -0.25) is 0 Å². The van der Waals surface area contributed by atoms with E-state index in [9.17, 15) is 0 Å². The molecule has 0 aliphatic rings. The van der Waals surface area contributed by atoms with Crippen LogP contribution in [-0.4, -0.2) is 28.7 Å². The average molecular weight is 987 g/mol. The molecular formula is C69H42N6S. The second-order valence-electron chi connectivity index (χ2n) is 19.6. The molecule has 0 N–H and O–H groups in total. The third-order valence-electron chi connectivity index (χ3n) is 15.3. The van der Waals surface area contributed by atoms with Crippen LogP contribution in [0.5, 0.6) is 0 Å². The van der Waals surface area contributed by atoms with Crippen molar-refractivity contribution in [3.05, 3.63) is 255 Å². The molecule has 5 heterocycles. The van der Waals surface area contributed by atoms with Gasteiger partial charge in [-0.2, -0.15) is 0 Å². The minimum atomic E-state index is 0.582. The standard InChI is InChI=1S/C69H42N6S/c1-3-17-43(18-4-1)67-70-68(44-19-5-2-6-20-44)72-69(71-67)57-40-45(46-32-38-66-56(39-46)55-25-11-16-30-65(55)76-66)31-37-62(57)75-63-41-47(73-58-26-12-7-21-49(58)50-22-8-13-27-59(50)73)33-35-53(63)54-36-34-48(42-64(54)75)74-60-28-14-9-23-51(60)52-24-10-15-29-61(52)74/h1-42H. The lowest BCUT2D eigenvalue weighted by molar-refractivity contribution is 1.06. The first-order valence-corrected chi connectivity index (χ1v) is 26.5. The Morgan fingerprint density at radius 1 is 0.250 bits per heavy atom. The average Bonchev–Trinajstić information content (AvgIpc) is 4.31. The van der Waals surface area contributed by atoms with Crippen molar-refractivity contribution in [2.75, 3.05) is 0 Å². The van der Waals surface area contributed by atoms with Crippen molar-refractivity contribution in [2.24, 2.45) is 0 Å². The van der Waals surface area contributed by atoms with Crippen LogP contribution in [0.2, 0.25) is 0 Å². The lowest BCUT2D eigenvalue weighted by atomic mass is 9.99. The number of aromatic nitrogens is 6. The number of hydrogen-bond donors (Lipinski definition) is 0. The summed E-state index contributed by atoms with van der Waals surface area (Å²) in [7, 11) is 0. The summed E-state index contributed by atoms with van der Waals surface area (Å²) in [5.74, 6) is 1.80. The number of benzene rings is 11. The molecule has 0 saturated carbocycles. The molecule has 76 heavy (non-hydrogen) atoms. The van der Waals surface area contributed by atoms with Gasteiger partial charge in [0.1, 0.15) is 0 Å². The maximum absolute atomic E-state index is 5.46. The number of rotatable bonds is 7. The van der Waals surface area contributed by atoms with Crippen LogP contribution in [-0.2, 0) is 0 Å². The fourth-order valence-electron chi connectivity index (χ4n) is 11.9. The van der Waals surface area contributed by atoms with Crippen molar-refractivity contribution in [1.82, 2.24) is 28.7 Å². The molecule has 0 fully saturated rings. The fraction of sp³-hybridized carbons (Fsp3) is 0. The molecule has 5 aromatic heterocycles. The molecule has 0 aliphatic carbocycles. The maximum Gasteiger partial charge on any atom is 0.166 e. The summed E-state index contributed by atoms with van der Waals surface area (Å²) < 4.78 is 9.83. The summed E-state index contributed by atoms with van der Waals surface area (Å²) in [5, 5.41) is 9.69. The molecule has 7 heteroatoms. The predicted molar refractivity (Wildman–Crippen MR) is 317 cm³/mol. The highest BCUT2D eigenvalue weighted by Crippen LogP contribution is 2.43. The molecule has 0 aliphatic heterocycles. The van der Waals surface area contributed by atoms with Crippen LogP contribution in [0, 0.1) is 0 Å². The topological polar surface area (TPSA) is 53.5 Å². The second-order valence-corrected chi connectivity index (χ2v) is 20.6. The van der Waals surface area contributed by atoms with Gasteiger partial charge >= 0.3 is 0 Å². The zero-order chi connectivity index (χ0) is 49.8. The van der Waals surface area contributed by atoms with Crippen LogP contribution in [0.15, 0.2) is 255 Å². The van der Waals surface area contributed by atoms with Gasteiger partial charge in [0.05, 0.1) is 38.8 Å². The number of nitrogens with zero attached hydrogens (tertiary/aromatic N) is 6. The number of para-hydroxylation sites is 4. The van der Waals surface area contributed by atoms with Crippen molar-refractivity contribution < 1.29 is 0 Å². The van der Waals surface area contributed by atoms with E-state index < -0.39 is 0 Å². The van der Waals surface area contributed by atoms with Crippen molar-refractivity contribution in [1.29, 1.82) is 0 Å². The van der Waals surface area contributed by atoms with Crippen molar-refractivity contribution in [2.45, 2.75) is 0 Å². The highest BCUT2D eigenvalue weighted by atomic mass is 32.1. The maximum atomic E-state index is 5.46. The van der Waals surface area contributed by atoms with E-state index >= 15 is 0 Å². The Kier molecular flexibility index (Phi) is 9.40. The van der Waals surface area contributed by atoms with E-state index in [2.05, 4.69) is 232 Å². The summed E-state index contributed by atoms with van der Waals surface area (Å²) in [6.45, 7) is 0. The Morgan fingerprint density at radius 3 is 1.18 bits per heavy atom. The Hall–Kier alpha value is -9.95. The van der Waals surface area contributed by atoms with E-state index in [1.54, 1.807) is 0 Å². The van der Waals surface area contributed by atoms with Crippen molar-refractivity contribution in [3.8, 4) is 62.4 Å². The minimum absolute atomic E-state index is 0.582. The molecule has 16 rings (SSSR count). The Labute approximate surface area is 440 Å². The Bertz CT molecular complexity index is 4670. The summed E-state index contributed by atoms with van der Waals surface area (Å²) in [6.07, 6.45) is 0. The van der Waals surface area contributed by atoms with E-state index in [1.807, 2.05) is 47.7 Å². The zero-order valence-electron chi connectivity index (χ0n) is 40.8. The van der Waals surface area contributed by atoms with Crippen molar-refractivity contribution in [3.63, 3.8) is 0 Å². The first-order valence-electron chi connectivity index (χ1n) is 25.7. The highest BCUT2D eigenvalue weighted by Gasteiger charge is 2.23. The van der Waals surface area contributed by atoms with Gasteiger partial charge in [-0.15, -0.1) is 11.3 Å². The molecule has 0 bridgehead atoms. The summed E-state index contributed by atoms with van der Waals surface area (Å²) in [4.78, 5) is 16.1. The molecule has 0 saturated heterocycles. The van der Waals surface area contributed by atoms with Crippen LogP contribution < -0.4 is 0 Å². The third kappa shape index (κ3) is 6.56. The summed E-state index contributed by atoms with van der Waals surface area (Å²) >= 11 is 1.84. The molecule has 0 spiro atoms. The lowest BCUT2D eigenvalue weighted by Gasteiger charge is -2.17. The molecule has 16 aromatic rings. The number of fused-ring (bicyclic) bond motifs is 12. The van der Waals surface area contributed by atoms with Gasteiger partial charge in [-0.25, -0.2) is 15.0 Å². The van der Waals surface area contributed by atoms with E-state index in [-0.39, 0.29) is 0 Å².